The number of rotatable bonds is 4. The van der Waals surface area contributed by atoms with E-state index in [-0.39, 0.29) is 11.1 Å². The van der Waals surface area contributed by atoms with Crippen LogP contribution in [0, 0.1) is 0 Å². The van der Waals surface area contributed by atoms with Gasteiger partial charge in [-0.15, -0.1) is 0 Å². The fourth-order valence-corrected chi connectivity index (χ4v) is 0.623. The van der Waals surface area contributed by atoms with Crippen molar-refractivity contribution in [2.75, 3.05) is 0 Å². The van der Waals surface area contributed by atoms with E-state index < -0.39 is 35.3 Å². The average Bonchev–Trinajstić information content (AvgIpc) is 2.15. The number of ketones is 2. The molecule has 100 valence electrons. The molecule has 0 bridgehead atoms. The molecule has 0 aromatic heterocycles. The van der Waals surface area contributed by atoms with Crippen LogP contribution in [0.3, 0.4) is 0 Å². The standard InChI is InChI=1S/C10H10O3.4H2O.Ti/c1-6(2)9(12)8(5-11)10(13)7(3)4;;;;;/h1,3H2,2,4H3;4*1H2;/q;;;;;+4/p-4. The van der Waals surface area contributed by atoms with Crippen molar-refractivity contribution in [3.8, 4) is 0 Å². The van der Waals surface area contributed by atoms with E-state index in [2.05, 4.69) is 13.2 Å². The first-order chi connectivity index (χ1) is 7.91. The van der Waals surface area contributed by atoms with E-state index in [0.29, 0.717) is 0 Å². The molecule has 0 aliphatic rings. The third-order valence-corrected chi connectivity index (χ3v) is 1.33. The molecule has 0 unspecified atom stereocenters. The minimum absolute atomic E-state index is 0.132. The van der Waals surface area contributed by atoms with Crippen LogP contribution in [0.1, 0.15) is 13.8 Å². The number of carbonyl (C=O) groups is 2. The van der Waals surface area contributed by atoms with Crippen molar-refractivity contribution in [3.05, 3.63) is 29.9 Å². The molecule has 0 spiro atoms. The molecule has 18 heavy (non-hydrogen) atoms. The SMILES string of the molecule is C=C(C)C(=O)C(=C=O)C(=O)C(=C)C.[OH][Ti]([OH])([OH])[OH]. The Morgan fingerprint density at radius 3 is 1.28 bits per heavy atom. The van der Waals surface area contributed by atoms with Gasteiger partial charge in [0.15, 0.2) is 5.57 Å². The van der Waals surface area contributed by atoms with Crippen molar-refractivity contribution in [1.82, 2.24) is 0 Å². The van der Waals surface area contributed by atoms with Gasteiger partial charge in [-0.25, -0.2) is 4.79 Å². The van der Waals surface area contributed by atoms with Gasteiger partial charge in [0.25, 0.3) is 0 Å². The molecule has 0 fully saturated rings. The topological polar surface area (TPSA) is 132 Å². The first-order valence-electron chi connectivity index (χ1n) is 4.46. The number of carbonyl (C=O) groups excluding carboxylic acids is 3. The molecule has 0 saturated heterocycles. The molecule has 0 heterocycles. The molecule has 0 saturated carbocycles. The van der Waals surface area contributed by atoms with E-state index in [1.807, 2.05) is 0 Å². The Hall–Kier alpha value is -1.18. The second kappa shape index (κ2) is 8.02. The van der Waals surface area contributed by atoms with Crippen molar-refractivity contribution in [2.45, 2.75) is 13.8 Å². The summed E-state index contributed by atoms with van der Waals surface area (Å²) in [7, 11) is 0. The van der Waals surface area contributed by atoms with Gasteiger partial charge in [-0.1, -0.05) is 13.2 Å². The van der Waals surface area contributed by atoms with E-state index in [4.69, 9.17) is 14.8 Å². The van der Waals surface area contributed by atoms with Crippen LogP contribution in [-0.4, -0.2) is 32.3 Å². The first-order valence-corrected chi connectivity index (χ1v) is 7.26. The van der Waals surface area contributed by atoms with Gasteiger partial charge in [-0.2, -0.15) is 0 Å². The fourth-order valence-electron chi connectivity index (χ4n) is 0.623. The second-order valence-corrected chi connectivity index (χ2v) is 5.17. The molecule has 0 radical (unpaired) electrons. The summed E-state index contributed by atoms with van der Waals surface area (Å²) in [6.45, 7) is 9.51. The monoisotopic (exact) mass is 294 g/mol. The zero-order valence-corrected chi connectivity index (χ0v) is 11.5. The number of allylic oxidation sites excluding steroid dienone is 3. The van der Waals surface area contributed by atoms with E-state index in [1.165, 1.54) is 19.8 Å². The zero-order valence-electron chi connectivity index (χ0n) is 9.93. The third-order valence-electron chi connectivity index (χ3n) is 1.33. The molecular formula is C10H14O7Ti. The van der Waals surface area contributed by atoms with Crippen molar-refractivity contribution in [3.63, 3.8) is 0 Å². The van der Waals surface area contributed by atoms with Gasteiger partial charge >= 0.3 is 32.9 Å². The van der Waals surface area contributed by atoms with Crippen LogP contribution in [-0.2, 0) is 32.5 Å². The molecule has 8 heteroatoms. The predicted molar refractivity (Wildman–Crippen MR) is 57.7 cm³/mol. The van der Waals surface area contributed by atoms with Crippen molar-refractivity contribution in [1.29, 1.82) is 0 Å². The summed E-state index contributed by atoms with van der Waals surface area (Å²) in [6.07, 6.45) is 0. The summed E-state index contributed by atoms with van der Waals surface area (Å²) in [5.41, 5.74) is -0.263. The molecule has 4 N–H and O–H groups in total. The Labute approximate surface area is 109 Å². The Kier molecular flexibility index (Phi) is 8.54. The maximum absolute atomic E-state index is 11.2. The molecule has 0 rings (SSSR count). The average molecular weight is 294 g/mol. The van der Waals surface area contributed by atoms with Gasteiger partial charge in [0, 0.05) is 0 Å². The fraction of sp³-hybridized carbons (Fsp3) is 0.200. The van der Waals surface area contributed by atoms with Crippen LogP contribution in [0.15, 0.2) is 29.9 Å². The van der Waals surface area contributed by atoms with Crippen LogP contribution in [0.4, 0.5) is 0 Å². The van der Waals surface area contributed by atoms with Gasteiger partial charge in [-0.3, -0.25) is 9.59 Å². The molecule has 0 amide bonds. The third kappa shape index (κ3) is 10.0. The van der Waals surface area contributed by atoms with E-state index in [1.54, 1.807) is 0 Å². The Bertz CT molecular complexity index is 390. The number of Topliss-reactive ketones (excluding diaryl/α,β-unsaturated/α-hetero) is 2. The summed E-state index contributed by atoms with van der Waals surface area (Å²) in [5.74, 6) is -0.0454. The van der Waals surface area contributed by atoms with E-state index >= 15 is 0 Å². The van der Waals surface area contributed by atoms with Gasteiger partial charge < -0.3 is 0 Å². The van der Waals surface area contributed by atoms with Gasteiger partial charge in [-0.05, 0) is 25.0 Å². The van der Waals surface area contributed by atoms with Crippen molar-refractivity contribution >= 4 is 17.5 Å². The van der Waals surface area contributed by atoms with Crippen LogP contribution >= 0.6 is 0 Å². The maximum atomic E-state index is 11.2. The molecule has 0 aliphatic heterocycles. The Morgan fingerprint density at radius 1 is 0.944 bits per heavy atom. The minimum atomic E-state index is -5.00. The van der Waals surface area contributed by atoms with Gasteiger partial charge in [0.05, 0.1) is 0 Å². The number of hydrogen-bond donors (Lipinski definition) is 4. The molecular weight excluding hydrogens is 280 g/mol. The normalized spacial score (nSPS) is 9.44. The van der Waals surface area contributed by atoms with Crippen LogP contribution in [0.2, 0.25) is 0 Å². The van der Waals surface area contributed by atoms with Crippen molar-refractivity contribution in [2.24, 2.45) is 0 Å². The van der Waals surface area contributed by atoms with Crippen molar-refractivity contribution < 1.29 is 47.3 Å². The molecule has 7 nitrogen and oxygen atoms in total. The quantitative estimate of drug-likeness (QED) is 0.168. The van der Waals surface area contributed by atoms with Crippen LogP contribution in [0.25, 0.3) is 0 Å². The van der Waals surface area contributed by atoms with Gasteiger partial charge in [0.2, 0.25) is 11.6 Å². The first kappa shape index (κ1) is 19.2. The molecule has 0 aromatic carbocycles. The van der Waals surface area contributed by atoms with Gasteiger partial charge in [0.1, 0.15) is 5.94 Å². The summed E-state index contributed by atoms with van der Waals surface area (Å²) in [6, 6.07) is 0. The van der Waals surface area contributed by atoms with Crippen LogP contribution in [0.5, 0.6) is 0 Å². The number of hydrogen-bond acceptors (Lipinski definition) is 7. The molecule has 0 atom stereocenters. The molecule has 0 aromatic rings. The second-order valence-electron chi connectivity index (χ2n) is 3.30. The van der Waals surface area contributed by atoms with E-state index in [0.717, 1.165) is 0 Å². The van der Waals surface area contributed by atoms with E-state index in [9.17, 15) is 14.4 Å². The zero-order chi connectivity index (χ0) is 15.1. The molecule has 0 aliphatic carbocycles. The summed E-state index contributed by atoms with van der Waals surface area (Å²) < 4.78 is 29.5. The summed E-state index contributed by atoms with van der Waals surface area (Å²) in [4.78, 5) is 32.6. The predicted octanol–water partition coefficient (Wildman–Crippen LogP) is -1.20. The Balaban J connectivity index is 0. The summed E-state index contributed by atoms with van der Waals surface area (Å²) in [5, 5.41) is 0. The summed E-state index contributed by atoms with van der Waals surface area (Å²) >= 11 is -5.00. The Morgan fingerprint density at radius 2 is 1.17 bits per heavy atom. The van der Waals surface area contributed by atoms with Crippen LogP contribution < -0.4 is 0 Å².